The van der Waals surface area contributed by atoms with Crippen molar-refractivity contribution in [2.24, 2.45) is 0 Å². The van der Waals surface area contributed by atoms with Gasteiger partial charge in [0.2, 0.25) is 11.8 Å². The van der Waals surface area contributed by atoms with Crippen molar-refractivity contribution in [3.63, 3.8) is 0 Å². The van der Waals surface area contributed by atoms with E-state index < -0.39 is 0 Å². The highest BCUT2D eigenvalue weighted by Crippen LogP contribution is 2.07. The first-order valence-electron chi connectivity index (χ1n) is 5.97. The number of hydrogen-bond acceptors (Lipinski definition) is 5. The van der Waals surface area contributed by atoms with Gasteiger partial charge >= 0.3 is 0 Å². The summed E-state index contributed by atoms with van der Waals surface area (Å²) in [6.45, 7) is 7.02. The third kappa shape index (κ3) is 4.46. The fourth-order valence-corrected chi connectivity index (χ4v) is 1.38. The second-order valence-corrected chi connectivity index (χ2v) is 4.14. The summed E-state index contributed by atoms with van der Waals surface area (Å²) in [6, 6.07) is -0.297. The molecule has 1 heterocycles. The molecule has 1 rings (SSSR count). The molecular formula is C12H21N3O3. The highest BCUT2D eigenvalue weighted by molar-refractivity contribution is 5.81. The molecule has 0 spiro atoms. The molecule has 18 heavy (non-hydrogen) atoms. The molecule has 1 amide bonds. The lowest BCUT2D eigenvalue weighted by Crippen LogP contribution is -2.42. The van der Waals surface area contributed by atoms with Crippen molar-refractivity contribution in [3.05, 3.63) is 17.3 Å². The Labute approximate surface area is 107 Å². The second kappa shape index (κ2) is 7.13. The molecule has 0 aliphatic rings. The lowest BCUT2D eigenvalue weighted by Gasteiger charge is -2.12. The van der Waals surface area contributed by atoms with E-state index in [1.54, 1.807) is 14.0 Å². The molecule has 1 atom stereocenters. The van der Waals surface area contributed by atoms with E-state index in [0.717, 1.165) is 11.5 Å². The van der Waals surface area contributed by atoms with E-state index in [-0.39, 0.29) is 11.9 Å². The van der Waals surface area contributed by atoms with Crippen molar-refractivity contribution in [2.45, 2.75) is 33.4 Å². The summed E-state index contributed by atoms with van der Waals surface area (Å²) in [5, 5.41) is 5.82. The molecule has 1 aromatic rings. The summed E-state index contributed by atoms with van der Waals surface area (Å²) < 4.78 is 10.3. The van der Waals surface area contributed by atoms with Gasteiger partial charge in [0.05, 0.1) is 24.9 Å². The van der Waals surface area contributed by atoms with E-state index in [9.17, 15) is 4.79 Å². The monoisotopic (exact) mass is 255 g/mol. The number of carbonyl (C=O) groups excluding carboxylic acids is 1. The average Bonchev–Trinajstić information content (AvgIpc) is 2.66. The second-order valence-electron chi connectivity index (χ2n) is 4.14. The van der Waals surface area contributed by atoms with Crippen LogP contribution in [-0.4, -0.2) is 37.2 Å². The van der Waals surface area contributed by atoms with E-state index in [4.69, 9.17) is 9.15 Å². The molecule has 1 aromatic heterocycles. The summed E-state index contributed by atoms with van der Waals surface area (Å²) in [5.74, 6) is 1.34. The Morgan fingerprint density at radius 1 is 1.50 bits per heavy atom. The van der Waals surface area contributed by atoms with Crippen LogP contribution >= 0.6 is 0 Å². The number of oxazole rings is 1. The van der Waals surface area contributed by atoms with Crippen LogP contribution in [0.1, 0.15) is 24.3 Å². The Morgan fingerprint density at radius 3 is 2.78 bits per heavy atom. The van der Waals surface area contributed by atoms with Crippen molar-refractivity contribution in [1.82, 2.24) is 15.6 Å². The number of rotatable bonds is 7. The number of aryl methyl sites for hydroxylation is 2. The Hall–Kier alpha value is -1.40. The van der Waals surface area contributed by atoms with Gasteiger partial charge < -0.3 is 14.5 Å². The molecule has 0 aliphatic heterocycles. The van der Waals surface area contributed by atoms with Gasteiger partial charge in [0.1, 0.15) is 5.76 Å². The maximum atomic E-state index is 11.6. The summed E-state index contributed by atoms with van der Waals surface area (Å²) in [7, 11) is 1.60. The first-order chi connectivity index (χ1) is 8.54. The van der Waals surface area contributed by atoms with Crippen LogP contribution in [0.5, 0.6) is 0 Å². The van der Waals surface area contributed by atoms with E-state index in [0.29, 0.717) is 25.6 Å². The molecule has 0 fully saturated rings. The first-order valence-corrected chi connectivity index (χ1v) is 5.97. The van der Waals surface area contributed by atoms with Crippen LogP contribution in [0.15, 0.2) is 4.42 Å². The molecule has 0 saturated heterocycles. The van der Waals surface area contributed by atoms with Crippen molar-refractivity contribution < 1.29 is 13.9 Å². The van der Waals surface area contributed by atoms with Gasteiger partial charge in [-0.1, -0.05) is 0 Å². The van der Waals surface area contributed by atoms with Gasteiger partial charge in [0.15, 0.2) is 0 Å². The summed E-state index contributed by atoms with van der Waals surface area (Å²) in [6.07, 6.45) is 0. The molecule has 1 unspecified atom stereocenters. The zero-order chi connectivity index (χ0) is 13.5. The van der Waals surface area contributed by atoms with Crippen molar-refractivity contribution >= 4 is 5.91 Å². The number of nitrogens with one attached hydrogen (secondary N) is 2. The Morgan fingerprint density at radius 2 is 2.22 bits per heavy atom. The highest BCUT2D eigenvalue weighted by atomic mass is 16.5. The third-order valence-corrected chi connectivity index (χ3v) is 2.63. The van der Waals surface area contributed by atoms with Gasteiger partial charge in [-0.25, -0.2) is 4.98 Å². The number of methoxy groups -OCH3 is 1. The Bertz CT molecular complexity index is 370. The lowest BCUT2D eigenvalue weighted by atomic mass is 10.3. The van der Waals surface area contributed by atoms with E-state index in [2.05, 4.69) is 15.6 Å². The minimum atomic E-state index is -0.297. The van der Waals surface area contributed by atoms with E-state index >= 15 is 0 Å². The fourth-order valence-electron chi connectivity index (χ4n) is 1.38. The normalized spacial score (nSPS) is 12.4. The van der Waals surface area contributed by atoms with Gasteiger partial charge in [-0.2, -0.15) is 0 Å². The molecule has 0 bridgehead atoms. The predicted octanol–water partition coefficient (Wildman–Crippen LogP) is 0.532. The number of nitrogens with zero attached hydrogens (tertiary/aromatic N) is 1. The van der Waals surface area contributed by atoms with E-state index in [1.165, 1.54) is 0 Å². The van der Waals surface area contributed by atoms with Crippen LogP contribution < -0.4 is 10.6 Å². The molecule has 0 aromatic carbocycles. The molecule has 102 valence electrons. The predicted molar refractivity (Wildman–Crippen MR) is 67.2 cm³/mol. The summed E-state index contributed by atoms with van der Waals surface area (Å²) >= 11 is 0. The zero-order valence-electron chi connectivity index (χ0n) is 11.4. The summed E-state index contributed by atoms with van der Waals surface area (Å²) in [5.41, 5.74) is 0.879. The highest BCUT2D eigenvalue weighted by Gasteiger charge is 2.13. The molecule has 6 heteroatoms. The van der Waals surface area contributed by atoms with Gasteiger partial charge in [0, 0.05) is 13.7 Å². The lowest BCUT2D eigenvalue weighted by molar-refractivity contribution is -0.123. The van der Waals surface area contributed by atoms with Gasteiger partial charge in [-0.15, -0.1) is 0 Å². The molecule has 6 nitrogen and oxygen atoms in total. The maximum absolute atomic E-state index is 11.6. The van der Waals surface area contributed by atoms with Crippen LogP contribution in [0.2, 0.25) is 0 Å². The third-order valence-electron chi connectivity index (χ3n) is 2.63. The number of carbonyl (C=O) groups is 1. The summed E-state index contributed by atoms with van der Waals surface area (Å²) in [4.78, 5) is 15.9. The van der Waals surface area contributed by atoms with E-state index in [1.807, 2.05) is 13.8 Å². The Kier molecular flexibility index (Phi) is 5.80. The number of amides is 1. The molecule has 0 aliphatic carbocycles. The smallest absolute Gasteiger partial charge is 0.236 e. The van der Waals surface area contributed by atoms with Crippen molar-refractivity contribution in [1.29, 1.82) is 0 Å². The number of aromatic nitrogens is 1. The average molecular weight is 255 g/mol. The van der Waals surface area contributed by atoms with Crippen LogP contribution in [-0.2, 0) is 16.1 Å². The van der Waals surface area contributed by atoms with Crippen LogP contribution in [0.4, 0.5) is 0 Å². The minimum Gasteiger partial charge on any atom is -0.444 e. The van der Waals surface area contributed by atoms with Gasteiger partial charge in [0.25, 0.3) is 0 Å². The number of ether oxygens (including phenoxy) is 1. The SMILES string of the molecule is COCCNC(=O)C(C)NCc1nc(C)c(C)o1. The van der Waals surface area contributed by atoms with Crippen LogP contribution in [0, 0.1) is 13.8 Å². The zero-order valence-corrected chi connectivity index (χ0v) is 11.4. The van der Waals surface area contributed by atoms with Crippen LogP contribution in [0.3, 0.4) is 0 Å². The van der Waals surface area contributed by atoms with Crippen molar-refractivity contribution in [3.8, 4) is 0 Å². The molecule has 0 saturated carbocycles. The minimum absolute atomic E-state index is 0.0629. The number of hydrogen-bond donors (Lipinski definition) is 2. The van der Waals surface area contributed by atoms with Crippen molar-refractivity contribution in [2.75, 3.05) is 20.3 Å². The maximum Gasteiger partial charge on any atom is 0.236 e. The largest absolute Gasteiger partial charge is 0.444 e. The topological polar surface area (TPSA) is 76.4 Å². The first kappa shape index (κ1) is 14.7. The van der Waals surface area contributed by atoms with Gasteiger partial charge in [-0.05, 0) is 20.8 Å². The quantitative estimate of drug-likeness (QED) is 0.695. The standard InChI is InChI=1S/C12H21N3O3/c1-8-10(3)18-11(15-8)7-14-9(2)12(16)13-5-6-17-4/h9,14H,5-7H2,1-4H3,(H,13,16). The molecule has 0 radical (unpaired) electrons. The van der Waals surface area contributed by atoms with Gasteiger partial charge in [-0.3, -0.25) is 10.1 Å². The molecule has 2 N–H and O–H groups in total. The fraction of sp³-hybridized carbons (Fsp3) is 0.667. The Balaban J connectivity index is 2.31. The van der Waals surface area contributed by atoms with Crippen LogP contribution in [0.25, 0.3) is 0 Å². The molecular weight excluding hydrogens is 234 g/mol.